The SMILES string of the molecule is CCCCC=Cn1ccnc1. The number of allylic oxidation sites excluding steroid dienone is 1. The second kappa shape index (κ2) is 4.72. The molecule has 1 rings (SSSR count). The molecule has 0 aromatic carbocycles. The molecule has 1 heterocycles. The van der Waals surface area contributed by atoms with Gasteiger partial charge in [0.05, 0.1) is 6.33 Å². The highest BCUT2D eigenvalue weighted by atomic mass is 15.0. The van der Waals surface area contributed by atoms with Crippen molar-refractivity contribution in [2.75, 3.05) is 0 Å². The van der Waals surface area contributed by atoms with Crippen LogP contribution in [-0.2, 0) is 0 Å². The lowest BCUT2D eigenvalue weighted by molar-refractivity contribution is 0.814. The van der Waals surface area contributed by atoms with Crippen molar-refractivity contribution < 1.29 is 0 Å². The van der Waals surface area contributed by atoms with Gasteiger partial charge < -0.3 is 4.57 Å². The van der Waals surface area contributed by atoms with Crippen LogP contribution in [0.1, 0.15) is 26.2 Å². The van der Waals surface area contributed by atoms with Crippen LogP contribution in [0.25, 0.3) is 6.20 Å². The monoisotopic (exact) mass is 150 g/mol. The van der Waals surface area contributed by atoms with Crippen molar-refractivity contribution in [3.05, 3.63) is 24.8 Å². The summed E-state index contributed by atoms with van der Waals surface area (Å²) in [6.45, 7) is 2.20. The zero-order chi connectivity index (χ0) is 7.94. The van der Waals surface area contributed by atoms with Crippen LogP contribution in [0.4, 0.5) is 0 Å². The molecule has 0 radical (unpaired) electrons. The first-order valence-corrected chi connectivity index (χ1v) is 4.07. The Hall–Kier alpha value is -1.05. The minimum atomic E-state index is 1.16. The molecule has 0 unspecified atom stereocenters. The molecule has 0 amide bonds. The summed E-state index contributed by atoms with van der Waals surface area (Å²) in [4.78, 5) is 3.93. The van der Waals surface area contributed by atoms with E-state index in [1.807, 2.05) is 17.0 Å². The minimum Gasteiger partial charge on any atom is -0.313 e. The number of rotatable bonds is 4. The fourth-order valence-corrected chi connectivity index (χ4v) is 0.876. The molecule has 1 aromatic heterocycles. The standard InChI is InChI=1S/C9H14N2/c1-2-3-4-5-7-11-8-6-10-9-11/h5-9H,2-4H2,1H3. The molecule has 0 saturated carbocycles. The predicted molar refractivity (Wildman–Crippen MR) is 47.1 cm³/mol. The number of hydrogen-bond acceptors (Lipinski definition) is 1. The second-order valence-electron chi connectivity index (χ2n) is 2.54. The smallest absolute Gasteiger partial charge is 0.0986 e. The maximum absolute atomic E-state index is 3.93. The molecule has 0 aliphatic carbocycles. The molecule has 0 N–H and O–H groups in total. The van der Waals surface area contributed by atoms with Crippen LogP contribution in [0.2, 0.25) is 0 Å². The van der Waals surface area contributed by atoms with Crippen LogP contribution < -0.4 is 0 Å². The minimum absolute atomic E-state index is 1.16. The van der Waals surface area contributed by atoms with Crippen molar-refractivity contribution in [2.24, 2.45) is 0 Å². The van der Waals surface area contributed by atoms with Crippen molar-refractivity contribution in [2.45, 2.75) is 26.2 Å². The van der Waals surface area contributed by atoms with Gasteiger partial charge in [-0.1, -0.05) is 25.8 Å². The maximum atomic E-state index is 3.93. The topological polar surface area (TPSA) is 17.8 Å². The quantitative estimate of drug-likeness (QED) is 0.603. The van der Waals surface area contributed by atoms with Gasteiger partial charge in [-0.15, -0.1) is 0 Å². The van der Waals surface area contributed by atoms with E-state index in [1.165, 1.54) is 12.8 Å². The molecular weight excluding hydrogens is 136 g/mol. The summed E-state index contributed by atoms with van der Waals surface area (Å²) in [5.74, 6) is 0. The van der Waals surface area contributed by atoms with E-state index in [-0.39, 0.29) is 0 Å². The highest BCUT2D eigenvalue weighted by Gasteiger charge is 1.80. The van der Waals surface area contributed by atoms with Gasteiger partial charge in [-0.05, 0) is 6.42 Å². The zero-order valence-electron chi connectivity index (χ0n) is 6.90. The van der Waals surface area contributed by atoms with Crippen molar-refractivity contribution in [3.8, 4) is 0 Å². The van der Waals surface area contributed by atoms with Gasteiger partial charge in [-0.3, -0.25) is 0 Å². The molecule has 0 aliphatic heterocycles. The Morgan fingerprint density at radius 2 is 2.45 bits per heavy atom. The number of unbranched alkanes of at least 4 members (excludes halogenated alkanes) is 2. The van der Waals surface area contributed by atoms with Gasteiger partial charge in [0.1, 0.15) is 0 Å². The van der Waals surface area contributed by atoms with Crippen LogP contribution in [0.15, 0.2) is 24.8 Å². The summed E-state index contributed by atoms with van der Waals surface area (Å²) in [7, 11) is 0. The number of hydrogen-bond donors (Lipinski definition) is 0. The Labute approximate surface area is 67.6 Å². The highest BCUT2D eigenvalue weighted by molar-refractivity contribution is 5.20. The molecule has 60 valence electrons. The van der Waals surface area contributed by atoms with E-state index in [2.05, 4.69) is 18.0 Å². The Bertz CT molecular complexity index is 199. The average molecular weight is 150 g/mol. The lowest BCUT2D eigenvalue weighted by Gasteiger charge is -1.90. The van der Waals surface area contributed by atoms with Gasteiger partial charge in [-0.2, -0.15) is 0 Å². The predicted octanol–water partition coefficient (Wildman–Crippen LogP) is 2.54. The van der Waals surface area contributed by atoms with Crippen molar-refractivity contribution >= 4 is 6.20 Å². The molecule has 11 heavy (non-hydrogen) atoms. The van der Waals surface area contributed by atoms with E-state index in [0.29, 0.717) is 0 Å². The lowest BCUT2D eigenvalue weighted by Crippen LogP contribution is -1.77. The van der Waals surface area contributed by atoms with Crippen LogP contribution in [0, 0.1) is 0 Å². The maximum Gasteiger partial charge on any atom is 0.0986 e. The normalized spacial score (nSPS) is 11.0. The van der Waals surface area contributed by atoms with Gasteiger partial charge >= 0.3 is 0 Å². The lowest BCUT2D eigenvalue weighted by atomic mass is 10.2. The molecule has 0 aliphatic rings. The molecule has 1 aromatic rings. The first-order chi connectivity index (χ1) is 5.43. The number of imidazole rings is 1. The molecule has 0 fully saturated rings. The fraction of sp³-hybridized carbons (Fsp3) is 0.444. The molecule has 0 saturated heterocycles. The first kappa shape index (κ1) is 8.05. The summed E-state index contributed by atoms with van der Waals surface area (Å²) < 4.78 is 1.95. The highest BCUT2D eigenvalue weighted by Crippen LogP contribution is 1.96. The Morgan fingerprint density at radius 1 is 1.55 bits per heavy atom. The summed E-state index contributed by atoms with van der Waals surface area (Å²) in [5, 5.41) is 0. The van der Waals surface area contributed by atoms with Crippen molar-refractivity contribution in [1.82, 2.24) is 9.55 Å². The van der Waals surface area contributed by atoms with Crippen molar-refractivity contribution in [1.29, 1.82) is 0 Å². The Kier molecular flexibility index (Phi) is 3.45. The summed E-state index contributed by atoms with van der Waals surface area (Å²) in [6, 6.07) is 0. The fourth-order valence-electron chi connectivity index (χ4n) is 0.876. The zero-order valence-corrected chi connectivity index (χ0v) is 6.90. The summed E-state index contributed by atoms with van der Waals surface area (Å²) in [6.07, 6.45) is 13.4. The summed E-state index contributed by atoms with van der Waals surface area (Å²) in [5.41, 5.74) is 0. The van der Waals surface area contributed by atoms with Crippen LogP contribution in [0.5, 0.6) is 0 Å². The molecule has 0 spiro atoms. The first-order valence-electron chi connectivity index (χ1n) is 4.07. The third-order valence-electron chi connectivity index (χ3n) is 1.53. The molecule has 0 atom stereocenters. The van der Waals surface area contributed by atoms with Gasteiger partial charge in [0.15, 0.2) is 0 Å². The molecular formula is C9H14N2. The molecule has 2 heteroatoms. The third-order valence-corrected chi connectivity index (χ3v) is 1.53. The van der Waals surface area contributed by atoms with Gasteiger partial charge in [0.2, 0.25) is 0 Å². The van der Waals surface area contributed by atoms with Gasteiger partial charge in [0, 0.05) is 18.6 Å². The third kappa shape index (κ3) is 3.03. The van der Waals surface area contributed by atoms with E-state index >= 15 is 0 Å². The van der Waals surface area contributed by atoms with Crippen LogP contribution in [-0.4, -0.2) is 9.55 Å². The van der Waals surface area contributed by atoms with E-state index in [9.17, 15) is 0 Å². The van der Waals surface area contributed by atoms with Gasteiger partial charge in [-0.25, -0.2) is 4.98 Å². The molecule has 2 nitrogen and oxygen atoms in total. The van der Waals surface area contributed by atoms with Crippen LogP contribution >= 0.6 is 0 Å². The summed E-state index contributed by atoms with van der Waals surface area (Å²) >= 11 is 0. The number of aromatic nitrogens is 2. The van der Waals surface area contributed by atoms with Gasteiger partial charge in [0.25, 0.3) is 0 Å². The second-order valence-corrected chi connectivity index (χ2v) is 2.54. The Balaban J connectivity index is 2.25. The van der Waals surface area contributed by atoms with Crippen molar-refractivity contribution in [3.63, 3.8) is 0 Å². The van der Waals surface area contributed by atoms with E-state index < -0.39 is 0 Å². The van der Waals surface area contributed by atoms with Crippen LogP contribution in [0.3, 0.4) is 0 Å². The van der Waals surface area contributed by atoms with E-state index in [1.54, 1.807) is 12.5 Å². The Morgan fingerprint density at radius 3 is 3.09 bits per heavy atom. The average Bonchev–Trinajstić information content (AvgIpc) is 2.50. The largest absolute Gasteiger partial charge is 0.313 e. The van der Waals surface area contributed by atoms with E-state index in [0.717, 1.165) is 6.42 Å². The van der Waals surface area contributed by atoms with E-state index in [4.69, 9.17) is 0 Å². The molecule has 0 bridgehead atoms. The number of nitrogens with zero attached hydrogens (tertiary/aromatic N) is 2.